The van der Waals surface area contributed by atoms with E-state index in [1.54, 1.807) is 0 Å². The Kier molecular flexibility index (Phi) is 40.6. The Morgan fingerprint density at radius 3 is 1.00 bits per heavy atom. The molecule has 10 nitrogen and oxygen atoms in total. The normalized spacial score (nSPS) is 13.5. The van der Waals surface area contributed by atoms with Gasteiger partial charge >= 0.3 is 11.9 Å². The van der Waals surface area contributed by atoms with E-state index in [0.717, 1.165) is 51.9 Å². The summed E-state index contributed by atoms with van der Waals surface area (Å²) in [6.45, 7) is 10.4. The van der Waals surface area contributed by atoms with Crippen molar-refractivity contribution in [2.75, 3.05) is 26.2 Å². The summed E-state index contributed by atoms with van der Waals surface area (Å²) in [7, 11) is 0. The van der Waals surface area contributed by atoms with Gasteiger partial charge in [-0.1, -0.05) is 117 Å². The molecule has 0 fully saturated rings. The number of nitrogens with one attached hydrogen (secondary N) is 2. The summed E-state index contributed by atoms with van der Waals surface area (Å²) in [6, 6.07) is 0. The molecule has 0 bridgehead atoms. The van der Waals surface area contributed by atoms with Crippen LogP contribution < -0.4 is 10.6 Å². The van der Waals surface area contributed by atoms with E-state index in [-0.39, 0.29) is 12.2 Å². The number of carbonyl (C=O) groups is 2. The Bertz CT molecular complexity index is 544. The van der Waals surface area contributed by atoms with Gasteiger partial charge in [0, 0.05) is 13.1 Å². The number of carboxylic acids is 2. The zero-order chi connectivity index (χ0) is 33.8. The maximum Gasteiger partial charge on any atom is 0.332 e. The third-order valence-electron chi connectivity index (χ3n) is 7.21. The second-order valence-corrected chi connectivity index (χ2v) is 12.0. The molecule has 0 saturated heterocycles. The highest BCUT2D eigenvalue weighted by Crippen LogP contribution is 2.10. The van der Waals surface area contributed by atoms with Gasteiger partial charge in [0.2, 0.25) is 0 Å². The summed E-state index contributed by atoms with van der Waals surface area (Å²) >= 11 is 0. The van der Waals surface area contributed by atoms with Crippen LogP contribution in [0.2, 0.25) is 0 Å². The van der Waals surface area contributed by atoms with Crippen LogP contribution in [0.4, 0.5) is 0 Å². The molecule has 0 heterocycles. The highest BCUT2D eigenvalue weighted by molar-refractivity contribution is 5.71. The van der Waals surface area contributed by atoms with Crippen molar-refractivity contribution in [2.45, 2.75) is 181 Å². The van der Waals surface area contributed by atoms with Gasteiger partial charge in [-0.05, 0) is 52.6 Å². The van der Waals surface area contributed by atoms with Crippen molar-refractivity contribution in [3.63, 3.8) is 0 Å². The SMILES string of the molecule is CC(O)C(=O)O.CC(O)C(=O)O.CCCCCCCCCC(O)CNCCCCCCNCC(O)CCCCCCCCC. The lowest BCUT2D eigenvalue weighted by Crippen LogP contribution is -2.28. The summed E-state index contributed by atoms with van der Waals surface area (Å²) in [5, 5.41) is 58.5. The van der Waals surface area contributed by atoms with Gasteiger partial charge in [-0.3, -0.25) is 0 Å². The predicted molar refractivity (Wildman–Crippen MR) is 180 cm³/mol. The van der Waals surface area contributed by atoms with Crippen LogP contribution in [0.1, 0.15) is 156 Å². The van der Waals surface area contributed by atoms with Gasteiger partial charge in [0.05, 0.1) is 12.2 Å². The largest absolute Gasteiger partial charge is 0.479 e. The van der Waals surface area contributed by atoms with Gasteiger partial charge in [-0.25, -0.2) is 9.59 Å². The lowest BCUT2D eigenvalue weighted by atomic mass is 10.1. The third-order valence-corrected chi connectivity index (χ3v) is 7.21. The molecule has 0 rings (SSSR count). The second-order valence-electron chi connectivity index (χ2n) is 12.0. The smallest absolute Gasteiger partial charge is 0.332 e. The fraction of sp³-hybridized carbons (Fsp3) is 0.941. The van der Waals surface area contributed by atoms with E-state index >= 15 is 0 Å². The van der Waals surface area contributed by atoms with Crippen molar-refractivity contribution >= 4 is 11.9 Å². The first-order valence-electron chi connectivity index (χ1n) is 17.6. The average Bonchev–Trinajstić information content (AvgIpc) is 2.97. The van der Waals surface area contributed by atoms with E-state index in [4.69, 9.17) is 20.4 Å². The Morgan fingerprint density at radius 2 is 0.727 bits per heavy atom. The molecule has 0 aliphatic rings. The van der Waals surface area contributed by atoms with Gasteiger partial charge in [0.15, 0.2) is 0 Å². The monoisotopic (exact) mass is 637 g/mol. The molecule has 0 spiro atoms. The van der Waals surface area contributed by atoms with Gasteiger partial charge in [-0.15, -0.1) is 0 Å². The molecule has 10 heteroatoms. The van der Waals surface area contributed by atoms with Gasteiger partial charge in [-0.2, -0.15) is 0 Å². The molecule has 0 amide bonds. The lowest BCUT2D eigenvalue weighted by Gasteiger charge is -2.12. The van der Waals surface area contributed by atoms with Crippen LogP contribution in [-0.2, 0) is 9.59 Å². The molecule has 44 heavy (non-hydrogen) atoms. The average molecular weight is 637 g/mol. The molecule has 4 atom stereocenters. The van der Waals surface area contributed by atoms with Gasteiger partial charge < -0.3 is 41.3 Å². The number of unbranched alkanes of at least 4 members (excludes halogenated alkanes) is 15. The van der Waals surface area contributed by atoms with Crippen LogP contribution in [-0.4, -0.2) is 93.2 Å². The number of rotatable bonds is 29. The van der Waals surface area contributed by atoms with Crippen LogP contribution in [0.5, 0.6) is 0 Å². The van der Waals surface area contributed by atoms with Crippen LogP contribution in [0.3, 0.4) is 0 Å². The van der Waals surface area contributed by atoms with Crippen LogP contribution in [0, 0.1) is 0 Å². The molecule has 0 radical (unpaired) electrons. The molecule has 4 unspecified atom stereocenters. The highest BCUT2D eigenvalue weighted by Gasteiger charge is 2.05. The van der Waals surface area contributed by atoms with E-state index < -0.39 is 24.1 Å². The first kappa shape index (κ1) is 47.1. The van der Waals surface area contributed by atoms with Crippen molar-refractivity contribution in [2.24, 2.45) is 0 Å². The Labute approximate surface area is 269 Å². The third kappa shape index (κ3) is 45.1. The Balaban J connectivity index is -0.00000117. The quantitative estimate of drug-likeness (QED) is 0.0479. The van der Waals surface area contributed by atoms with Gasteiger partial charge in [0.1, 0.15) is 12.2 Å². The molecule has 0 aromatic rings. The molecule has 0 saturated carbocycles. The molecule has 266 valence electrons. The van der Waals surface area contributed by atoms with E-state index in [9.17, 15) is 19.8 Å². The van der Waals surface area contributed by atoms with Crippen molar-refractivity contribution in [1.82, 2.24) is 10.6 Å². The van der Waals surface area contributed by atoms with Crippen molar-refractivity contribution < 1.29 is 40.2 Å². The lowest BCUT2D eigenvalue weighted by molar-refractivity contribution is -0.146. The maximum absolute atomic E-state index is 10.1. The molecule has 0 aliphatic heterocycles. The number of hydrogen-bond acceptors (Lipinski definition) is 8. The maximum atomic E-state index is 10.1. The first-order chi connectivity index (χ1) is 21.0. The fourth-order valence-electron chi connectivity index (χ4n) is 4.27. The number of aliphatic hydroxyl groups is 4. The number of hydrogen-bond donors (Lipinski definition) is 8. The molecular weight excluding hydrogens is 564 g/mol. The first-order valence-corrected chi connectivity index (χ1v) is 17.6. The molecule has 0 aromatic heterocycles. The summed E-state index contributed by atoms with van der Waals surface area (Å²) in [6.07, 6.45) is 22.2. The van der Waals surface area contributed by atoms with Gasteiger partial charge in [0.25, 0.3) is 0 Å². The molecule has 8 N–H and O–H groups in total. The summed E-state index contributed by atoms with van der Waals surface area (Å²) in [4.78, 5) is 18.9. The topological polar surface area (TPSA) is 180 Å². The summed E-state index contributed by atoms with van der Waals surface area (Å²) < 4.78 is 0. The fourth-order valence-corrected chi connectivity index (χ4v) is 4.27. The summed E-state index contributed by atoms with van der Waals surface area (Å²) in [5.74, 6) is -2.37. The predicted octanol–water partition coefficient (Wildman–Crippen LogP) is 5.63. The zero-order valence-corrected chi connectivity index (χ0v) is 28.8. The minimum atomic E-state index is -1.23. The Hall–Kier alpha value is -1.30. The molecule has 0 aromatic carbocycles. The van der Waals surface area contributed by atoms with E-state index in [1.807, 2.05) is 0 Å². The van der Waals surface area contributed by atoms with Crippen molar-refractivity contribution in [3.8, 4) is 0 Å². The van der Waals surface area contributed by atoms with Crippen LogP contribution in [0.25, 0.3) is 0 Å². The van der Waals surface area contributed by atoms with Crippen molar-refractivity contribution in [1.29, 1.82) is 0 Å². The minimum Gasteiger partial charge on any atom is -0.479 e. The van der Waals surface area contributed by atoms with Crippen LogP contribution in [0.15, 0.2) is 0 Å². The molecular formula is C34H72N2O8. The zero-order valence-electron chi connectivity index (χ0n) is 28.8. The Morgan fingerprint density at radius 1 is 0.477 bits per heavy atom. The van der Waals surface area contributed by atoms with E-state index in [0.29, 0.717) is 0 Å². The molecule has 0 aliphatic carbocycles. The van der Waals surface area contributed by atoms with Crippen molar-refractivity contribution in [3.05, 3.63) is 0 Å². The van der Waals surface area contributed by atoms with E-state index in [1.165, 1.54) is 117 Å². The highest BCUT2D eigenvalue weighted by atomic mass is 16.4. The minimum absolute atomic E-state index is 0.178. The van der Waals surface area contributed by atoms with Crippen LogP contribution >= 0.6 is 0 Å². The second kappa shape index (κ2) is 37.9. The number of aliphatic carboxylic acids is 2. The summed E-state index contributed by atoms with van der Waals surface area (Å²) in [5.41, 5.74) is 0. The number of carboxylic acid groups (broad SMARTS) is 2. The van der Waals surface area contributed by atoms with E-state index in [2.05, 4.69) is 24.5 Å². The standard InChI is InChI=1S/C28H60N2O2.2C3H6O3/c1-3-5-7-9-11-13-17-21-27(31)25-29-23-19-15-16-20-24-30-26-28(32)22-18-14-12-10-8-6-4-2;2*1-2(4)3(5)6/h27-32H,3-26H2,1-2H3;2*2,4H,1H3,(H,5,6). The number of aliphatic hydroxyl groups excluding tert-OH is 4.